The molecule has 5 heavy (non-hydrogen) atoms. The van der Waals surface area contributed by atoms with Crippen LogP contribution in [-0.4, -0.2) is 76.2 Å². The molecule has 21 valence electrons. The molecule has 0 aromatic heterocycles. The van der Waals surface area contributed by atoms with Gasteiger partial charge >= 0.3 is 7.01 Å². The zero-order chi connectivity index (χ0) is 3.58. The Labute approximate surface area is 74.9 Å². The smallest absolute Gasteiger partial charge is 0.381 e. The van der Waals surface area contributed by atoms with E-state index in [0.717, 1.165) is 0 Å². The molecule has 3 radical (unpaired) electrons. The average Bonchev–Trinajstić information content (AvgIpc) is 0.811. The van der Waals surface area contributed by atoms with E-state index in [4.69, 9.17) is 10.0 Å². The molecule has 0 aliphatic heterocycles. The molecule has 2 nitrogen and oxygen atoms in total. The van der Waals surface area contributed by atoms with E-state index < -0.39 is 7.01 Å². The summed E-state index contributed by atoms with van der Waals surface area (Å²) in [5.41, 5.74) is 0. The first-order valence-electron chi connectivity index (χ1n) is 0.850. The van der Waals surface area contributed by atoms with Crippen molar-refractivity contribution < 1.29 is 10.0 Å². The fourth-order valence-electron chi connectivity index (χ4n) is 0. The molecule has 0 heterocycles. The van der Waals surface area contributed by atoms with E-state index in [1.54, 1.807) is 0 Å². The zero-order valence-corrected chi connectivity index (χ0v) is 6.17. The van der Waals surface area contributed by atoms with Crippen LogP contribution in [0.5, 0.6) is 0 Å². The van der Waals surface area contributed by atoms with E-state index in [-0.39, 0.29) is 51.4 Å². The van der Waals surface area contributed by atoms with Crippen molar-refractivity contribution in [2.24, 2.45) is 0 Å². The van der Waals surface area contributed by atoms with Crippen molar-refractivity contribution in [3.8, 4) is 0 Å². The summed E-state index contributed by atoms with van der Waals surface area (Å²) in [7, 11) is 2.56. The van der Waals surface area contributed by atoms with Gasteiger partial charge in [0, 0.05) is 51.4 Å². The maximum atomic E-state index is 7.39. The van der Waals surface area contributed by atoms with Crippen molar-refractivity contribution in [2.75, 3.05) is 0 Å². The van der Waals surface area contributed by atoms with E-state index in [9.17, 15) is 0 Å². The molecule has 0 amide bonds. The van der Waals surface area contributed by atoms with E-state index in [0.29, 0.717) is 0 Å². The third-order valence-corrected chi connectivity index (χ3v) is 0. The monoisotopic (exact) mass is 95.0 g/mol. The second kappa shape index (κ2) is 5.69. The maximum Gasteiger partial charge on any atom is 0.381 e. The summed E-state index contributed by atoms with van der Waals surface area (Å²) in [4.78, 5) is 0. The number of hydrogen-bond donors (Lipinski definition) is 2. The van der Waals surface area contributed by atoms with E-state index in [2.05, 4.69) is 7.74 Å². The minimum atomic E-state index is -1.67. The summed E-state index contributed by atoms with van der Waals surface area (Å²) >= 11 is 0. The molecule has 0 aromatic rings. The van der Waals surface area contributed by atoms with Gasteiger partial charge < -0.3 is 10.0 Å². The van der Waals surface area contributed by atoms with Crippen LogP contribution >= 0.6 is 0 Å². The summed E-state index contributed by atoms with van der Waals surface area (Å²) in [5, 5.41) is 14.8. The molecule has 0 saturated heterocycles. The summed E-state index contributed by atoms with van der Waals surface area (Å²) in [6.45, 7) is 0. The summed E-state index contributed by atoms with van der Waals surface area (Å²) in [5.74, 6) is 0. The van der Waals surface area contributed by atoms with Crippen LogP contribution in [0.3, 0.4) is 0 Å². The zero-order valence-electron chi connectivity index (χ0n) is 3.05. The molecule has 0 fully saturated rings. The van der Waals surface area contributed by atoms with Crippen molar-refractivity contribution in [1.82, 2.24) is 0 Å². The fourth-order valence-corrected chi connectivity index (χ4v) is 0. The SMILES string of the molecule is [B]B(O)O.[K]. The van der Waals surface area contributed by atoms with Gasteiger partial charge in [-0.25, -0.2) is 0 Å². The number of rotatable bonds is 0. The molecule has 0 unspecified atom stereocenters. The van der Waals surface area contributed by atoms with Crippen LogP contribution in [0.1, 0.15) is 0 Å². The predicted molar refractivity (Wildman–Crippen MR) is 21.7 cm³/mol. The average molecular weight is 94.7 g/mol. The summed E-state index contributed by atoms with van der Waals surface area (Å²) in [6.07, 6.45) is 0. The van der Waals surface area contributed by atoms with Gasteiger partial charge in [0.15, 0.2) is 0 Å². The molecular weight excluding hydrogens is 92.7 g/mol. The van der Waals surface area contributed by atoms with E-state index in [1.165, 1.54) is 0 Å². The Morgan fingerprint density at radius 3 is 1.40 bits per heavy atom. The van der Waals surface area contributed by atoms with Gasteiger partial charge in [-0.1, -0.05) is 0 Å². The van der Waals surface area contributed by atoms with Crippen molar-refractivity contribution in [1.29, 1.82) is 0 Å². The quantitative estimate of drug-likeness (QED) is 0.333. The number of hydrogen-bond acceptors (Lipinski definition) is 2. The summed E-state index contributed by atoms with van der Waals surface area (Å²) < 4.78 is 0. The molecule has 0 aliphatic carbocycles. The van der Waals surface area contributed by atoms with Gasteiger partial charge in [-0.3, -0.25) is 0 Å². The normalized spacial score (nSPS) is 5.20. The van der Waals surface area contributed by atoms with Gasteiger partial charge in [0.1, 0.15) is 7.74 Å². The predicted octanol–water partition coefficient (Wildman–Crippen LogP) is -2.26. The van der Waals surface area contributed by atoms with Crippen LogP contribution in [0.25, 0.3) is 0 Å². The molecular formula is H2B2KO2. The Balaban J connectivity index is 0. The maximum absolute atomic E-state index is 7.39. The standard InChI is InChI=1S/B2H2O2.K/c1-2(3)4;/h3-4H;. The first-order chi connectivity index (χ1) is 1.73. The first kappa shape index (κ1) is 9.84. The van der Waals surface area contributed by atoms with Crippen molar-refractivity contribution >= 4 is 66.1 Å². The molecule has 0 spiro atoms. The largest absolute Gasteiger partial charge is 0.434 e. The van der Waals surface area contributed by atoms with E-state index >= 15 is 0 Å². The van der Waals surface area contributed by atoms with Crippen LogP contribution in [0.2, 0.25) is 0 Å². The fraction of sp³-hybridized carbons (Fsp3) is 0. The molecule has 0 aromatic carbocycles. The Kier molecular flexibility index (Phi) is 11.2. The van der Waals surface area contributed by atoms with Crippen LogP contribution in [0, 0.1) is 0 Å². The molecule has 0 atom stereocenters. The van der Waals surface area contributed by atoms with Gasteiger partial charge in [0.05, 0.1) is 0 Å². The van der Waals surface area contributed by atoms with Crippen LogP contribution in [0.4, 0.5) is 0 Å². The topological polar surface area (TPSA) is 40.5 Å². The second-order valence-electron chi connectivity index (χ2n) is 0.414. The van der Waals surface area contributed by atoms with Gasteiger partial charge in [0.25, 0.3) is 0 Å². The van der Waals surface area contributed by atoms with Crippen LogP contribution in [0.15, 0.2) is 0 Å². The van der Waals surface area contributed by atoms with Gasteiger partial charge in [-0.2, -0.15) is 0 Å². The van der Waals surface area contributed by atoms with Crippen LogP contribution in [-0.2, 0) is 0 Å². The minimum Gasteiger partial charge on any atom is -0.434 e. The molecule has 0 bridgehead atoms. The van der Waals surface area contributed by atoms with Crippen molar-refractivity contribution in [3.05, 3.63) is 0 Å². The van der Waals surface area contributed by atoms with Crippen molar-refractivity contribution in [3.63, 3.8) is 0 Å². The molecule has 0 aliphatic rings. The third-order valence-electron chi connectivity index (χ3n) is 0. The van der Waals surface area contributed by atoms with Gasteiger partial charge in [-0.15, -0.1) is 0 Å². The first-order valence-corrected chi connectivity index (χ1v) is 0.850. The second-order valence-corrected chi connectivity index (χ2v) is 0.414. The Morgan fingerprint density at radius 1 is 1.40 bits per heavy atom. The summed E-state index contributed by atoms with van der Waals surface area (Å²) in [6, 6.07) is 0. The third kappa shape index (κ3) is 27.2. The van der Waals surface area contributed by atoms with Crippen LogP contribution < -0.4 is 0 Å². The molecule has 5 heteroatoms. The molecule has 0 rings (SSSR count). The molecule has 0 saturated carbocycles. The Hall–Kier alpha value is 1.69. The van der Waals surface area contributed by atoms with Gasteiger partial charge in [-0.05, 0) is 0 Å². The van der Waals surface area contributed by atoms with Crippen molar-refractivity contribution in [2.45, 2.75) is 0 Å². The van der Waals surface area contributed by atoms with Gasteiger partial charge in [0.2, 0.25) is 0 Å². The minimum absolute atomic E-state index is 0. The Bertz CT molecular complexity index is 12.4. The Morgan fingerprint density at radius 2 is 1.40 bits per heavy atom. The van der Waals surface area contributed by atoms with E-state index in [1.807, 2.05) is 0 Å². The molecule has 2 N–H and O–H groups in total.